The number of primary sulfonamides is 1. The molecule has 1 rings (SSSR count). The Bertz CT molecular complexity index is 913. The van der Waals surface area contributed by atoms with Gasteiger partial charge in [-0.3, -0.25) is 4.79 Å². The highest BCUT2D eigenvalue weighted by Gasteiger charge is 2.43. The van der Waals surface area contributed by atoms with Crippen LogP contribution in [-0.4, -0.2) is 32.7 Å². The average Bonchev–Trinajstić information content (AvgIpc) is 2.41. The van der Waals surface area contributed by atoms with Gasteiger partial charge in [-0.2, -0.15) is 0 Å². The lowest BCUT2D eigenvalue weighted by Gasteiger charge is -2.25. The van der Waals surface area contributed by atoms with E-state index in [1.165, 1.54) is 0 Å². The molecule has 0 aromatic heterocycles. The first-order chi connectivity index (χ1) is 11.1. The number of anilines is 1. The number of aliphatic carboxylic acids is 1. The Hall–Kier alpha value is -1.86. The van der Waals surface area contributed by atoms with Crippen molar-refractivity contribution in [3.05, 3.63) is 17.5 Å². The molecule has 142 valence electrons. The molecule has 0 aliphatic carbocycles. The zero-order valence-corrected chi connectivity index (χ0v) is 14.6. The number of carboxylic acid groups (broad SMARTS) is 1. The van der Waals surface area contributed by atoms with Crippen molar-refractivity contribution in [1.29, 1.82) is 0 Å². The number of nitrogens with two attached hydrogens (primary N) is 2. The highest BCUT2D eigenvalue weighted by atomic mass is 32.2. The first-order valence-corrected chi connectivity index (χ1v) is 9.53. The second kappa shape index (κ2) is 6.46. The fourth-order valence-corrected chi connectivity index (χ4v) is 4.29. The molecule has 0 saturated heterocycles. The monoisotopic (exact) mass is 404 g/mol. The summed E-state index contributed by atoms with van der Waals surface area (Å²) in [5, 5.41) is 13.2. The van der Waals surface area contributed by atoms with E-state index in [1.807, 2.05) is 0 Å². The van der Waals surface area contributed by atoms with Gasteiger partial charge >= 0.3 is 5.97 Å². The van der Waals surface area contributed by atoms with Gasteiger partial charge in [-0.25, -0.2) is 35.1 Å². The fraction of sp³-hybridized carbons (Fsp3) is 0.417. The third-order valence-electron chi connectivity index (χ3n) is 3.49. The molecule has 0 radical (unpaired) electrons. The van der Waals surface area contributed by atoms with Gasteiger partial charge in [0.1, 0.15) is 4.90 Å². The lowest BCUT2D eigenvalue weighted by atomic mass is 10.1. The topological polar surface area (TPSA) is 158 Å². The Morgan fingerprint density at radius 1 is 1.04 bits per heavy atom. The minimum atomic E-state index is -5.07. The molecule has 8 nitrogen and oxygen atoms in total. The van der Waals surface area contributed by atoms with E-state index in [0.717, 1.165) is 13.8 Å². The van der Waals surface area contributed by atoms with Crippen LogP contribution >= 0.6 is 0 Å². The Balaban J connectivity index is 3.77. The van der Waals surface area contributed by atoms with Crippen LogP contribution in [0.1, 0.15) is 26.7 Å². The quantitative estimate of drug-likeness (QED) is 0.466. The number of hydrogen-bond donors (Lipinski definition) is 3. The third-order valence-corrected chi connectivity index (χ3v) is 7.02. The van der Waals surface area contributed by atoms with Crippen molar-refractivity contribution in [1.82, 2.24) is 0 Å². The van der Waals surface area contributed by atoms with Gasteiger partial charge in [0.2, 0.25) is 10.0 Å². The van der Waals surface area contributed by atoms with Gasteiger partial charge in [-0.15, -0.1) is 0 Å². The molecule has 0 saturated carbocycles. The lowest BCUT2D eigenvalue weighted by Crippen LogP contribution is -2.34. The van der Waals surface area contributed by atoms with Gasteiger partial charge in [-0.1, -0.05) is 0 Å². The fourth-order valence-electron chi connectivity index (χ4n) is 1.97. The maximum Gasteiger partial charge on any atom is 0.303 e. The number of sulfonamides is 1. The van der Waals surface area contributed by atoms with Gasteiger partial charge in [0.25, 0.3) is 0 Å². The molecule has 25 heavy (non-hydrogen) atoms. The SMILES string of the molecule is CC(C)(CCC(=O)O)S(=O)(=O)c1c(N)c(F)c(S(N)(=O)=O)c(F)c1F. The number of sulfone groups is 1. The van der Waals surface area contributed by atoms with Crippen molar-refractivity contribution < 1.29 is 39.9 Å². The van der Waals surface area contributed by atoms with Crippen LogP contribution in [0.25, 0.3) is 0 Å². The van der Waals surface area contributed by atoms with Crippen molar-refractivity contribution in [2.75, 3.05) is 5.73 Å². The van der Waals surface area contributed by atoms with Gasteiger partial charge in [0.05, 0.1) is 10.4 Å². The van der Waals surface area contributed by atoms with Crippen LogP contribution in [0.3, 0.4) is 0 Å². The molecule has 1 aromatic carbocycles. The van der Waals surface area contributed by atoms with E-state index in [9.17, 15) is 34.8 Å². The third kappa shape index (κ3) is 3.72. The van der Waals surface area contributed by atoms with E-state index in [-0.39, 0.29) is 0 Å². The summed E-state index contributed by atoms with van der Waals surface area (Å²) in [6, 6.07) is 0. The lowest BCUT2D eigenvalue weighted by molar-refractivity contribution is -0.137. The number of nitrogen functional groups attached to an aromatic ring is 1. The van der Waals surface area contributed by atoms with E-state index >= 15 is 0 Å². The standard InChI is InChI=1S/C12H15F3N2O6S2/c1-12(2,4-3-5(18)19)24(20,21)11-7(14)6(13)10(25(17,22)23)8(15)9(11)16/h3-4,16H2,1-2H3,(H,18,19)(H2,17,22,23). The van der Waals surface area contributed by atoms with Crippen molar-refractivity contribution in [3.8, 4) is 0 Å². The second-order valence-electron chi connectivity index (χ2n) is 5.72. The molecule has 0 spiro atoms. The van der Waals surface area contributed by atoms with Crippen molar-refractivity contribution in [3.63, 3.8) is 0 Å². The largest absolute Gasteiger partial charge is 0.481 e. The van der Waals surface area contributed by atoms with Crippen LogP contribution in [0, 0.1) is 17.5 Å². The highest BCUT2D eigenvalue weighted by molar-refractivity contribution is 7.93. The summed E-state index contributed by atoms with van der Waals surface area (Å²) >= 11 is 0. The smallest absolute Gasteiger partial charge is 0.303 e. The molecule has 0 aliphatic rings. The van der Waals surface area contributed by atoms with E-state index in [1.54, 1.807) is 0 Å². The van der Waals surface area contributed by atoms with Crippen LogP contribution in [-0.2, 0) is 24.7 Å². The summed E-state index contributed by atoms with van der Waals surface area (Å²) in [5.41, 5.74) is 3.73. The summed E-state index contributed by atoms with van der Waals surface area (Å²) in [6.07, 6.45) is -1.16. The number of hydrogen-bond acceptors (Lipinski definition) is 6. The van der Waals surface area contributed by atoms with Crippen LogP contribution < -0.4 is 10.9 Å². The van der Waals surface area contributed by atoms with Crippen molar-refractivity contribution in [2.24, 2.45) is 5.14 Å². The van der Waals surface area contributed by atoms with Gasteiger partial charge < -0.3 is 10.8 Å². The zero-order chi connectivity index (χ0) is 20.0. The van der Waals surface area contributed by atoms with Crippen LogP contribution in [0.5, 0.6) is 0 Å². The Kier molecular flexibility index (Phi) is 5.47. The maximum absolute atomic E-state index is 14.2. The maximum atomic E-state index is 14.2. The summed E-state index contributed by atoms with van der Waals surface area (Å²) in [6.45, 7) is 2.01. The molecule has 0 aliphatic heterocycles. The number of carbonyl (C=O) groups is 1. The molecule has 0 unspecified atom stereocenters. The summed E-state index contributed by atoms with van der Waals surface area (Å²) in [4.78, 5) is 7.12. The molecule has 5 N–H and O–H groups in total. The van der Waals surface area contributed by atoms with Crippen LogP contribution in [0.4, 0.5) is 18.9 Å². The Labute approximate surface area is 141 Å². The van der Waals surface area contributed by atoms with Crippen LogP contribution in [0.2, 0.25) is 0 Å². The number of benzene rings is 1. The van der Waals surface area contributed by atoms with E-state index in [2.05, 4.69) is 5.14 Å². The first-order valence-electron chi connectivity index (χ1n) is 6.51. The highest BCUT2D eigenvalue weighted by Crippen LogP contribution is 2.38. The predicted octanol–water partition coefficient (Wildman–Crippen LogP) is 0.751. The minimum Gasteiger partial charge on any atom is -0.481 e. The Morgan fingerprint density at radius 2 is 1.48 bits per heavy atom. The van der Waals surface area contributed by atoms with Gasteiger partial charge in [0, 0.05) is 6.42 Å². The second-order valence-corrected chi connectivity index (χ2v) is 9.73. The molecular formula is C12H15F3N2O6S2. The molecule has 13 heteroatoms. The zero-order valence-electron chi connectivity index (χ0n) is 13.0. The van der Waals surface area contributed by atoms with E-state index in [4.69, 9.17) is 10.8 Å². The minimum absolute atomic E-state index is 0.524. The van der Waals surface area contributed by atoms with Gasteiger partial charge in [-0.05, 0) is 20.3 Å². The van der Waals surface area contributed by atoms with Gasteiger partial charge in [0.15, 0.2) is 32.2 Å². The van der Waals surface area contributed by atoms with E-state index in [0.29, 0.717) is 0 Å². The molecule has 0 heterocycles. The molecular weight excluding hydrogens is 389 g/mol. The summed E-state index contributed by atoms with van der Waals surface area (Å²) in [7, 11) is -9.95. The normalized spacial score (nSPS) is 13.0. The first kappa shape index (κ1) is 21.2. The molecule has 0 bridgehead atoms. The number of halogens is 3. The Morgan fingerprint density at radius 3 is 1.88 bits per heavy atom. The number of carboxylic acids is 1. The molecule has 0 atom stereocenters. The molecule has 0 fully saturated rings. The predicted molar refractivity (Wildman–Crippen MR) is 80.2 cm³/mol. The van der Waals surface area contributed by atoms with Crippen molar-refractivity contribution in [2.45, 2.75) is 41.2 Å². The number of rotatable bonds is 6. The molecule has 0 amide bonds. The van der Waals surface area contributed by atoms with E-state index < -0.39 is 76.3 Å². The van der Waals surface area contributed by atoms with Crippen molar-refractivity contribution >= 4 is 31.5 Å². The average molecular weight is 404 g/mol. The van der Waals surface area contributed by atoms with Crippen LogP contribution in [0.15, 0.2) is 9.79 Å². The molecule has 1 aromatic rings. The summed E-state index contributed by atoms with van der Waals surface area (Å²) in [5.74, 6) is -7.94. The summed E-state index contributed by atoms with van der Waals surface area (Å²) < 4.78 is 87.7.